The van der Waals surface area contributed by atoms with Gasteiger partial charge in [-0.3, -0.25) is 4.79 Å². The largest absolute Gasteiger partial charge is 0.507 e. The van der Waals surface area contributed by atoms with Crippen molar-refractivity contribution in [3.05, 3.63) is 46.1 Å². The van der Waals surface area contributed by atoms with Crippen LogP contribution in [0.5, 0.6) is 23.0 Å². The standard InChI is InChI=1S/C19H18O6/c1-10-5-6-11(7-14(10)23-3)18-19(24-4)17(21)16-13(20)8-12(22-2)9-15(16)25-18/h5-9,20H,1-4H3. The maximum Gasteiger partial charge on any atom is 0.239 e. The minimum absolute atomic E-state index is 0.0128. The van der Waals surface area contributed by atoms with E-state index in [1.165, 1.54) is 20.3 Å². The molecule has 0 fully saturated rings. The monoisotopic (exact) mass is 342 g/mol. The molecule has 6 heteroatoms. The van der Waals surface area contributed by atoms with E-state index in [0.29, 0.717) is 17.1 Å². The zero-order valence-corrected chi connectivity index (χ0v) is 14.4. The molecule has 0 aliphatic heterocycles. The smallest absolute Gasteiger partial charge is 0.239 e. The second kappa shape index (κ2) is 6.39. The van der Waals surface area contributed by atoms with Gasteiger partial charge < -0.3 is 23.7 Å². The third-order valence-electron chi connectivity index (χ3n) is 4.02. The highest BCUT2D eigenvalue weighted by Gasteiger charge is 2.20. The fourth-order valence-electron chi connectivity index (χ4n) is 2.71. The Kier molecular flexibility index (Phi) is 4.27. The molecule has 130 valence electrons. The highest BCUT2D eigenvalue weighted by Crippen LogP contribution is 2.37. The topological polar surface area (TPSA) is 78.1 Å². The first-order chi connectivity index (χ1) is 12.0. The van der Waals surface area contributed by atoms with Crippen molar-refractivity contribution >= 4 is 11.0 Å². The Morgan fingerprint density at radius 3 is 2.40 bits per heavy atom. The van der Waals surface area contributed by atoms with Crippen LogP contribution in [-0.2, 0) is 0 Å². The Balaban J connectivity index is 2.36. The molecular weight excluding hydrogens is 324 g/mol. The number of aromatic hydroxyl groups is 1. The lowest BCUT2D eigenvalue weighted by molar-refractivity contribution is 0.394. The van der Waals surface area contributed by atoms with E-state index in [0.717, 1.165) is 5.56 Å². The Morgan fingerprint density at radius 2 is 1.76 bits per heavy atom. The molecular formula is C19H18O6. The van der Waals surface area contributed by atoms with Gasteiger partial charge in [0, 0.05) is 17.7 Å². The molecule has 0 saturated heterocycles. The van der Waals surface area contributed by atoms with E-state index in [1.54, 1.807) is 19.2 Å². The van der Waals surface area contributed by atoms with Gasteiger partial charge in [-0.05, 0) is 18.6 Å². The maximum atomic E-state index is 12.8. The molecule has 2 aromatic carbocycles. The minimum atomic E-state index is -0.460. The average molecular weight is 342 g/mol. The Bertz CT molecular complexity index is 1000. The van der Waals surface area contributed by atoms with Gasteiger partial charge in [0.05, 0.1) is 21.3 Å². The third kappa shape index (κ3) is 2.76. The van der Waals surface area contributed by atoms with Gasteiger partial charge in [0.1, 0.15) is 28.2 Å². The van der Waals surface area contributed by atoms with Crippen LogP contribution in [0.25, 0.3) is 22.3 Å². The Hall–Kier alpha value is -3.15. The van der Waals surface area contributed by atoms with Crippen molar-refractivity contribution in [2.24, 2.45) is 0 Å². The third-order valence-corrected chi connectivity index (χ3v) is 4.02. The van der Waals surface area contributed by atoms with Gasteiger partial charge in [0.15, 0.2) is 5.76 Å². The highest BCUT2D eigenvalue weighted by atomic mass is 16.5. The molecule has 25 heavy (non-hydrogen) atoms. The molecule has 0 bridgehead atoms. The fraction of sp³-hybridized carbons (Fsp3) is 0.211. The summed E-state index contributed by atoms with van der Waals surface area (Å²) in [5.74, 6) is 1.08. The van der Waals surface area contributed by atoms with Crippen molar-refractivity contribution in [2.45, 2.75) is 6.92 Å². The Labute approximate surface area is 144 Å². The first-order valence-corrected chi connectivity index (χ1v) is 7.57. The van der Waals surface area contributed by atoms with E-state index >= 15 is 0 Å². The molecule has 0 aliphatic carbocycles. The van der Waals surface area contributed by atoms with Crippen LogP contribution >= 0.6 is 0 Å². The lowest BCUT2D eigenvalue weighted by Crippen LogP contribution is -2.08. The molecule has 1 aromatic heterocycles. The van der Waals surface area contributed by atoms with Crippen LogP contribution in [-0.4, -0.2) is 26.4 Å². The molecule has 1 N–H and O–H groups in total. The summed E-state index contributed by atoms with van der Waals surface area (Å²) in [6, 6.07) is 8.34. The van der Waals surface area contributed by atoms with Crippen LogP contribution in [0, 0.1) is 6.92 Å². The van der Waals surface area contributed by atoms with Gasteiger partial charge in [0.2, 0.25) is 11.2 Å². The fourth-order valence-corrected chi connectivity index (χ4v) is 2.71. The van der Waals surface area contributed by atoms with Gasteiger partial charge >= 0.3 is 0 Å². The number of ether oxygens (including phenoxy) is 3. The normalized spacial score (nSPS) is 10.7. The van der Waals surface area contributed by atoms with Crippen molar-refractivity contribution in [1.82, 2.24) is 0 Å². The molecule has 0 spiro atoms. The number of phenols is 1. The van der Waals surface area contributed by atoms with Gasteiger partial charge in [-0.25, -0.2) is 0 Å². The molecule has 0 amide bonds. The summed E-state index contributed by atoms with van der Waals surface area (Å²) in [6.45, 7) is 1.92. The summed E-state index contributed by atoms with van der Waals surface area (Å²) in [7, 11) is 4.42. The van der Waals surface area contributed by atoms with Crippen LogP contribution < -0.4 is 19.6 Å². The molecule has 0 aliphatic rings. The van der Waals surface area contributed by atoms with Crippen molar-refractivity contribution in [1.29, 1.82) is 0 Å². The first-order valence-electron chi connectivity index (χ1n) is 7.57. The summed E-state index contributed by atoms with van der Waals surface area (Å²) < 4.78 is 21.6. The number of fused-ring (bicyclic) bond motifs is 1. The molecule has 0 unspecified atom stereocenters. The Morgan fingerprint density at radius 1 is 1.00 bits per heavy atom. The number of phenolic OH excluding ortho intramolecular Hbond substituents is 1. The van der Waals surface area contributed by atoms with Crippen LogP contribution in [0.15, 0.2) is 39.5 Å². The quantitative estimate of drug-likeness (QED) is 0.782. The number of hydrogen-bond acceptors (Lipinski definition) is 6. The number of aryl methyl sites for hydroxylation is 1. The summed E-state index contributed by atoms with van der Waals surface area (Å²) in [5, 5.41) is 10.2. The summed E-state index contributed by atoms with van der Waals surface area (Å²) >= 11 is 0. The van der Waals surface area contributed by atoms with E-state index in [1.807, 2.05) is 19.1 Å². The molecule has 6 nitrogen and oxygen atoms in total. The molecule has 0 radical (unpaired) electrons. The van der Waals surface area contributed by atoms with Gasteiger partial charge in [-0.2, -0.15) is 0 Å². The average Bonchev–Trinajstić information content (AvgIpc) is 2.61. The first kappa shape index (κ1) is 16.7. The zero-order valence-electron chi connectivity index (χ0n) is 14.4. The van der Waals surface area contributed by atoms with Gasteiger partial charge in [-0.15, -0.1) is 0 Å². The number of rotatable bonds is 4. The zero-order chi connectivity index (χ0) is 18.1. The van der Waals surface area contributed by atoms with E-state index in [4.69, 9.17) is 18.6 Å². The summed E-state index contributed by atoms with van der Waals surface area (Å²) in [5.41, 5.74) is 1.32. The number of benzene rings is 2. The van der Waals surface area contributed by atoms with Crippen molar-refractivity contribution in [3.63, 3.8) is 0 Å². The number of hydrogen-bond donors (Lipinski definition) is 1. The van der Waals surface area contributed by atoms with Crippen molar-refractivity contribution in [3.8, 4) is 34.3 Å². The van der Waals surface area contributed by atoms with E-state index in [9.17, 15) is 9.90 Å². The lowest BCUT2D eigenvalue weighted by Gasteiger charge is -2.12. The van der Waals surface area contributed by atoms with Crippen LogP contribution in [0.2, 0.25) is 0 Å². The SMILES string of the molecule is COc1cc(O)c2c(=O)c(OC)c(-c3ccc(C)c(OC)c3)oc2c1. The predicted octanol–water partition coefficient (Wildman–Crippen LogP) is 3.50. The molecule has 0 atom stereocenters. The van der Waals surface area contributed by atoms with E-state index < -0.39 is 5.43 Å². The van der Waals surface area contributed by atoms with Gasteiger partial charge in [0.25, 0.3) is 0 Å². The number of methoxy groups -OCH3 is 3. The van der Waals surface area contributed by atoms with Gasteiger partial charge in [-0.1, -0.05) is 12.1 Å². The van der Waals surface area contributed by atoms with Crippen molar-refractivity contribution in [2.75, 3.05) is 21.3 Å². The molecule has 0 saturated carbocycles. The maximum absolute atomic E-state index is 12.8. The lowest BCUT2D eigenvalue weighted by atomic mass is 10.1. The molecule has 3 rings (SSSR count). The highest BCUT2D eigenvalue weighted by molar-refractivity contribution is 5.88. The van der Waals surface area contributed by atoms with Crippen molar-refractivity contribution < 1.29 is 23.7 Å². The molecule has 3 aromatic rings. The molecule has 1 heterocycles. The van der Waals surface area contributed by atoms with Crippen LogP contribution in [0.4, 0.5) is 0 Å². The second-order valence-corrected chi connectivity index (χ2v) is 5.50. The van der Waals surface area contributed by atoms with E-state index in [-0.39, 0.29) is 28.2 Å². The summed E-state index contributed by atoms with van der Waals surface area (Å²) in [4.78, 5) is 12.8. The predicted molar refractivity (Wildman–Crippen MR) is 94.0 cm³/mol. The van der Waals surface area contributed by atoms with Crippen LogP contribution in [0.3, 0.4) is 0 Å². The van der Waals surface area contributed by atoms with E-state index in [2.05, 4.69) is 0 Å². The summed E-state index contributed by atoms with van der Waals surface area (Å²) in [6.07, 6.45) is 0. The minimum Gasteiger partial charge on any atom is -0.507 e. The van der Waals surface area contributed by atoms with Crippen LogP contribution in [0.1, 0.15) is 5.56 Å². The second-order valence-electron chi connectivity index (χ2n) is 5.50.